The molecule has 0 aliphatic heterocycles. The standard InChI is InChI=1S/C58H41NO2/c1-57(2)46-20-10-7-16-39(46)41-28-26-37(31-48(41)57)59(38-27-29-42-40-17-8-11-21-47(40)58(3,4)49(42)32-38)50-22-13-19-43-45-33-52-54(44-18-9-12-23-51(44)60-52)53(56(45)61-55(43)50)36-25-24-34-14-5-6-15-35(34)30-36/h5-33H,1-4H3. The molecule has 0 N–H and O–H groups in total. The summed E-state index contributed by atoms with van der Waals surface area (Å²) in [7, 11) is 0. The molecule has 0 amide bonds. The Hall–Kier alpha value is -7.36. The monoisotopic (exact) mass is 783 g/mol. The molecule has 0 unspecified atom stereocenters. The highest BCUT2D eigenvalue weighted by Crippen LogP contribution is 2.54. The van der Waals surface area contributed by atoms with E-state index in [9.17, 15) is 0 Å². The minimum Gasteiger partial charge on any atom is -0.456 e. The second kappa shape index (κ2) is 12.1. The highest BCUT2D eigenvalue weighted by atomic mass is 16.3. The summed E-state index contributed by atoms with van der Waals surface area (Å²) in [6.07, 6.45) is 0. The molecule has 9 aromatic carbocycles. The van der Waals surface area contributed by atoms with Crippen molar-refractivity contribution in [2.75, 3.05) is 4.90 Å². The van der Waals surface area contributed by atoms with Crippen LogP contribution in [-0.4, -0.2) is 0 Å². The number of hydrogen-bond acceptors (Lipinski definition) is 3. The van der Waals surface area contributed by atoms with Gasteiger partial charge in [0.1, 0.15) is 16.7 Å². The molecule has 3 nitrogen and oxygen atoms in total. The van der Waals surface area contributed by atoms with Gasteiger partial charge < -0.3 is 13.7 Å². The van der Waals surface area contributed by atoms with Gasteiger partial charge in [-0.05, 0) is 109 Å². The number of para-hydroxylation sites is 2. The third-order valence-corrected chi connectivity index (χ3v) is 14.0. The van der Waals surface area contributed by atoms with Crippen LogP contribution in [0.1, 0.15) is 49.9 Å². The van der Waals surface area contributed by atoms with E-state index >= 15 is 0 Å². The largest absolute Gasteiger partial charge is 0.456 e. The Balaban J connectivity index is 1.10. The molecule has 0 saturated carbocycles. The van der Waals surface area contributed by atoms with Crippen molar-refractivity contribution in [3.05, 3.63) is 198 Å². The van der Waals surface area contributed by atoms with Crippen LogP contribution in [0, 0.1) is 0 Å². The SMILES string of the molecule is CC1(C)c2ccccc2-c2ccc(N(c3ccc4c(c3)C(C)(C)c3ccccc3-4)c3cccc4c3oc3c(-c5ccc6ccccc6c5)c5c(cc34)oc3ccccc35)cc21. The van der Waals surface area contributed by atoms with Crippen LogP contribution in [0.4, 0.5) is 17.1 Å². The lowest BCUT2D eigenvalue weighted by molar-refractivity contribution is 0.659. The van der Waals surface area contributed by atoms with Crippen molar-refractivity contribution < 1.29 is 8.83 Å². The molecule has 0 fully saturated rings. The molecule has 2 aliphatic rings. The number of rotatable bonds is 4. The maximum absolute atomic E-state index is 7.42. The Morgan fingerprint density at radius 1 is 0.393 bits per heavy atom. The van der Waals surface area contributed by atoms with E-state index in [4.69, 9.17) is 8.83 Å². The van der Waals surface area contributed by atoms with Crippen molar-refractivity contribution >= 4 is 71.7 Å². The number of furan rings is 2. The molecule has 13 rings (SSSR count). The van der Waals surface area contributed by atoms with E-state index in [2.05, 4.69) is 202 Å². The maximum Gasteiger partial charge on any atom is 0.159 e. The fourth-order valence-electron chi connectivity index (χ4n) is 11.0. The van der Waals surface area contributed by atoms with E-state index in [1.807, 2.05) is 6.07 Å². The third kappa shape index (κ3) is 4.69. The Labute approximate surface area is 354 Å². The minimum atomic E-state index is -0.161. The molecule has 0 bridgehead atoms. The average molecular weight is 784 g/mol. The van der Waals surface area contributed by atoms with Crippen LogP contribution >= 0.6 is 0 Å². The first-order valence-corrected chi connectivity index (χ1v) is 21.3. The van der Waals surface area contributed by atoms with E-state index in [1.165, 1.54) is 55.3 Å². The number of benzene rings is 9. The summed E-state index contributed by atoms with van der Waals surface area (Å²) in [6, 6.07) is 64.3. The molecule has 11 aromatic rings. The summed E-state index contributed by atoms with van der Waals surface area (Å²) < 4.78 is 14.1. The predicted molar refractivity (Wildman–Crippen MR) is 254 cm³/mol. The number of fused-ring (bicyclic) bond motifs is 13. The molecule has 2 aliphatic carbocycles. The second-order valence-electron chi connectivity index (χ2n) is 18.1. The molecule has 0 radical (unpaired) electrons. The lowest BCUT2D eigenvalue weighted by atomic mass is 9.82. The molecule has 0 atom stereocenters. The van der Waals surface area contributed by atoms with Gasteiger partial charge in [0.15, 0.2) is 5.58 Å². The second-order valence-corrected chi connectivity index (χ2v) is 18.1. The average Bonchev–Trinajstić information content (AvgIpc) is 3.98. The smallest absolute Gasteiger partial charge is 0.159 e. The summed E-state index contributed by atoms with van der Waals surface area (Å²) in [5, 5.41) is 6.61. The quantitative estimate of drug-likeness (QED) is 0.178. The Morgan fingerprint density at radius 2 is 0.984 bits per heavy atom. The van der Waals surface area contributed by atoms with Gasteiger partial charge in [0.05, 0.1) is 5.69 Å². The lowest BCUT2D eigenvalue weighted by Gasteiger charge is -2.29. The zero-order valence-electron chi connectivity index (χ0n) is 34.5. The highest BCUT2D eigenvalue weighted by Gasteiger charge is 2.38. The van der Waals surface area contributed by atoms with Crippen LogP contribution in [0.15, 0.2) is 185 Å². The maximum atomic E-state index is 7.42. The van der Waals surface area contributed by atoms with Gasteiger partial charge in [-0.2, -0.15) is 0 Å². The summed E-state index contributed by atoms with van der Waals surface area (Å²) in [6.45, 7) is 9.42. The summed E-state index contributed by atoms with van der Waals surface area (Å²) >= 11 is 0. The molecule has 61 heavy (non-hydrogen) atoms. The van der Waals surface area contributed by atoms with Crippen LogP contribution in [0.25, 0.3) is 88.0 Å². The van der Waals surface area contributed by atoms with Gasteiger partial charge >= 0.3 is 0 Å². The van der Waals surface area contributed by atoms with Crippen molar-refractivity contribution in [1.82, 2.24) is 0 Å². The summed E-state index contributed by atoms with van der Waals surface area (Å²) in [5.74, 6) is 0. The number of nitrogens with zero attached hydrogens (tertiary/aromatic N) is 1. The fraction of sp³-hybridized carbons (Fsp3) is 0.103. The van der Waals surface area contributed by atoms with Gasteiger partial charge in [-0.15, -0.1) is 0 Å². The van der Waals surface area contributed by atoms with Crippen molar-refractivity contribution in [3.63, 3.8) is 0 Å². The van der Waals surface area contributed by atoms with Gasteiger partial charge in [0, 0.05) is 49.3 Å². The first-order valence-electron chi connectivity index (χ1n) is 21.3. The van der Waals surface area contributed by atoms with Crippen LogP contribution in [0.2, 0.25) is 0 Å². The van der Waals surface area contributed by atoms with Crippen molar-refractivity contribution in [2.45, 2.75) is 38.5 Å². The Bertz CT molecular complexity index is 3560. The topological polar surface area (TPSA) is 29.5 Å². The number of hydrogen-bond donors (Lipinski definition) is 0. The van der Waals surface area contributed by atoms with E-state index in [0.29, 0.717) is 0 Å². The summed E-state index contributed by atoms with van der Waals surface area (Å²) in [4.78, 5) is 2.43. The van der Waals surface area contributed by atoms with Crippen molar-refractivity contribution in [3.8, 4) is 33.4 Å². The lowest BCUT2D eigenvalue weighted by Crippen LogP contribution is -2.18. The fourth-order valence-corrected chi connectivity index (χ4v) is 11.0. The zero-order valence-corrected chi connectivity index (χ0v) is 34.5. The normalized spacial score (nSPS) is 14.5. The van der Waals surface area contributed by atoms with Crippen molar-refractivity contribution in [2.24, 2.45) is 0 Å². The first kappa shape index (κ1) is 34.5. The first-order chi connectivity index (χ1) is 29.8. The molecule has 0 saturated heterocycles. The van der Waals surface area contributed by atoms with Gasteiger partial charge in [0.25, 0.3) is 0 Å². The van der Waals surface area contributed by atoms with Crippen LogP contribution in [0.3, 0.4) is 0 Å². The molecule has 290 valence electrons. The predicted octanol–water partition coefficient (Wildman–Crippen LogP) is 16.4. The van der Waals surface area contributed by atoms with Crippen LogP contribution in [0.5, 0.6) is 0 Å². The molecule has 2 aromatic heterocycles. The molecule has 2 heterocycles. The molecular weight excluding hydrogens is 743 g/mol. The van der Waals surface area contributed by atoms with E-state index in [0.717, 1.165) is 72.1 Å². The van der Waals surface area contributed by atoms with E-state index < -0.39 is 0 Å². The third-order valence-electron chi connectivity index (χ3n) is 14.0. The summed E-state index contributed by atoms with van der Waals surface area (Å²) in [5.41, 5.74) is 19.0. The van der Waals surface area contributed by atoms with Gasteiger partial charge in [0.2, 0.25) is 0 Å². The Kier molecular flexibility index (Phi) is 6.85. The van der Waals surface area contributed by atoms with E-state index in [-0.39, 0.29) is 10.8 Å². The Morgan fingerprint density at radius 3 is 1.69 bits per heavy atom. The molecule has 0 spiro atoms. The van der Waals surface area contributed by atoms with Crippen LogP contribution in [-0.2, 0) is 10.8 Å². The van der Waals surface area contributed by atoms with Gasteiger partial charge in [-0.3, -0.25) is 0 Å². The van der Waals surface area contributed by atoms with Crippen molar-refractivity contribution in [1.29, 1.82) is 0 Å². The van der Waals surface area contributed by atoms with E-state index in [1.54, 1.807) is 0 Å². The highest BCUT2D eigenvalue weighted by molar-refractivity contribution is 6.24. The number of anilines is 3. The minimum absolute atomic E-state index is 0.161. The van der Waals surface area contributed by atoms with Crippen LogP contribution < -0.4 is 4.90 Å². The van der Waals surface area contributed by atoms with Gasteiger partial charge in [-0.25, -0.2) is 0 Å². The zero-order chi connectivity index (χ0) is 40.8. The molecule has 3 heteroatoms. The molecular formula is C58H41NO2. The van der Waals surface area contributed by atoms with Gasteiger partial charge in [-0.1, -0.05) is 155 Å².